The first-order chi connectivity index (χ1) is 38.2. The maximum atomic E-state index is 14.4. The molecule has 5 aliphatic rings. The summed E-state index contributed by atoms with van der Waals surface area (Å²) in [6, 6.07) is 0.517. The molecule has 7 atom stereocenters. The van der Waals surface area contributed by atoms with Crippen molar-refractivity contribution in [3.05, 3.63) is 29.3 Å². The van der Waals surface area contributed by atoms with Crippen LogP contribution in [0.4, 0.5) is 5.69 Å². The fraction of sp³-hybridized carbons (Fsp3) is 0.679. The zero-order valence-electron chi connectivity index (χ0n) is 45.9. The molecule has 0 spiro atoms. The van der Waals surface area contributed by atoms with E-state index in [1.165, 1.54) is 12.0 Å². The molecule has 7 amide bonds. The van der Waals surface area contributed by atoms with Gasteiger partial charge in [-0.2, -0.15) is 0 Å². The number of cyclic esters (lactones) is 1. The number of carbonyl (C=O) groups is 11. The average molecular weight is 1130 g/mol. The van der Waals surface area contributed by atoms with E-state index in [4.69, 9.17) is 9.47 Å². The number of carboxylic acids is 3. The summed E-state index contributed by atoms with van der Waals surface area (Å²) in [6.07, 6.45) is 0.747. The maximum Gasteiger partial charge on any atom is 0.317 e. The summed E-state index contributed by atoms with van der Waals surface area (Å²) < 4.78 is 10.4. The van der Waals surface area contributed by atoms with Crippen LogP contribution < -0.4 is 36.8 Å². The van der Waals surface area contributed by atoms with Crippen LogP contribution >= 0.6 is 0 Å². The number of para-hydroxylation sites is 1. The van der Waals surface area contributed by atoms with Crippen molar-refractivity contribution < 1.29 is 77.5 Å². The van der Waals surface area contributed by atoms with Crippen LogP contribution in [0.5, 0.6) is 0 Å². The third-order valence-electron chi connectivity index (χ3n) is 15.5. The van der Waals surface area contributed by atoms with Gasteiger partial charge in [0.2, 0.25) is 47.6 Å². The number of esters is 1. The van der Waals surface area contributed by atoms with E-state index in [0.29, 0.717) is 70.9 Å². The quantitative estimate of drug-likeness (QED) is 0.0410. The molecule has 80 heavy (non-hydrogen) atoms. The van der Waals surface area contributed by atoms with Gasteiger partial charge < -0.3 is 61.6 Å². The molecule has 0 radical (unpaired) electrons. The lowest BCUT2D eigenvalue weighted by atomic mass is 9.96. The summed E-state index contributed by atoms with van der Waals surface area (Å²) in [6.45, 7) is 8.14. The van der Waals surface area contributed by atoms with E-state index < -0.39 is 108 Å². The molecule has 27 heteroatoms. The number of hydrogen-bond acceptors (Lipinski definition) is 17. The molecule has 1 aromatic rings. The molecular weight excluding hydrogens is 1050 g/mol. The monoisotopic (exact) mass is 1130 g/mol. The highest BCUT2D eigenvalue weighted by atomic mass is 16.7. The number of methoxy groups -OCH3 is 1. The Balaban J connectivity index is 0.919. The van der Waals surface area contributed by atoms with E-state index in [1.807, 2.05) is 39.8 Å². The minimum atomic E-state index is -1.19. The van der Waals surface area contributed by atoms with Crippen molar-refractivity contribution >= 4 is 70.9 Å². The van der Waals surface area contributed by atoms with Gasteiger partial charge in [-0.25, -0.2) is 0 Å². The molecule has 1 aromatic carbocycles. The van der Waals surface area contributed by atoms with E-state index in [9.17, 15) is 68.1 Å². The first kappa shape index (κ1) is 62.4. The summed E-state index contributed by atoms with van der Waals surface area (Å²) in [5.74, 6) is -7.52. The van der Waals surface area contributed by atoms with Crippen LogP contribution in [0.25, 0.3) is 0 Å². The van der Waals surface area contributed by atoms with Crippen molar-refractivity contribution in [1.29, 1.82) is 0 Å². The molecule has 9 N–H and O–H groups in total. The van der Waals surface area contributed by atoms with Crippen LogP contribution in [-0.4, -0.2) is 235 Å². The molecular formula is C53H79N11O16. The summed E-state index contributed by atoms with van der Waals surface area (Å²) in [7, 11) is 1.35. The Morgan fingerprint density at radius 2 is 1.30 bits per heavy atom. The number of ether oxygens (including phenoxy) is 2. The van der Waals surface area contributed by atoms with Crippen LogP contribution in [0.2, 0.25) is 0 Å². The molecule has 0 saturated carbocycles. The lowest BCUT2D eigenvalue weighted by Crippen LogP contribution is -2.59. The topological polar surface area (TPSA) is 355 Å². The number of benzene rings is 1. The molecule has 5 heterocycles. The summed E-state index contributed by atoms with van der Waals surface area (Å²) in [4.78, 5) is 150. The maximum absolute atomic E-state index is 14.4. The minimum absolute atomic E-state index is 0.0308. The molecule has 27 nitrogen and oxygen atoms in total. The largest absolute Gasteiger partial charge is 0.481 e. The second-order valence-corrected chi connectivity index (χ2v) is 21.4. The van der Waals surface area contributed by atoms with Gasteiger partial charge in [-0.05, 0) is 68.2 Å². The predicted octanol–water partition coefficient (Wildman–Crippen LogP) is -2.53. The normalized spacial score (nSPS) is 22.4. The number of likely N-dealkylation sites (tertiary alicyclic amines) is 1. The highest BCUT2D eigenvalue weighted by molar-refractivity contribution is 6.08. The lowest BCUT2D eigenvalue weighted by molar-refractivity contribution is -0.160. The van der Waals surface area contributed by atoms with Gasteiger partial charge in [0, 0.05) is 91.7 Å². The first-order valence-corrected chi connectivity index (χ1v) is 27.7. The second kappa shape index (κ2) is 30.1. The number of piperidine rings is 1. The summed E-state index contributed by atoms with van der Waals surface area (Å²) >= 11 is 0. The van der Waals surface area contributed by atoms with E-state index in [2.05, 4.69) is 36.8 Å². The van der Waals surface area contributed by atoms with E-state index in [1.54, 1.807) is 6.92 Å². The number of carboxylic acid groups (broad SMARTS) is 3. The average Bonchev–Trinajstić information content (AvgIpc) is 4.06. The van der Waals surface area contributed by atoms with E-state index >= 15 is 0 Å². The van der Waals surface area contributed by atoms with Crippen LogP contribution in [0.15, 0.2) is 18.2 Å². The van der Waals surface area contributed by atoms with Gasteiger partial charge in [0.25, 0.3) is 0 Å². The van der Waals surface area contributed by atoms with E-state index in [0.717, 1.165) is 30.5 Å². The molecule has 0 aliphatic carbocycles. The van der Waals surface area contributed by atoms with Crippen LogP contribution in [0.3, 0.4) is 0 Å². The number of aryl methyl sites for hydroxylation is 1. The Kier molecular flexibility index (Phi) is 23.5. The lowest BCUT2D eigenvalue weighted by Gasteiger charge is -2.35. The van der Waals surface area contributed by atoms with Crippen LogP contribution in [-0.2, 0) is 75.1 Å². The Bertz CT molecular complexity index is 2390. The van der Waals surface area contributed by atoms with Gasteiger partial charge in [0.1, 0.15) is 30.2 Å². The van der Waals surface area contributed by atoms with Crippen molar-refractivity contribution in [3.8, 4) is 0 Å². The molecule has 3 saturated heterocycles. The van der Waals surface area contributed by atoms with Crippen molar-refractivity contribution in [3.63, 3.8) is 0 Å². The molecule has 5 aliphatic heterocycles. The third kappa shape index (κ3) is 18.4. The number of carbonyl (C=O) groups excluding carboxylic acids is 8. The number of rotatable bonds is 27. The first-order valence-electron chi connectivity index (χ1n) is 27.7. The molecule has 442 valence electrons. The number of nitrogens with zero attached hydrogens (tertiary/aromatic N) is 5. The SMILES string of the molecule is CC[C@H](C)[C@H](NC(=O)CCNC(=O)CCNC(=O)[C@@H](CCC(=O)O)NC(=O)CN1CCC(CN2CCN(CC(=O)O)CCN(CC(=O)O)CC2)CC1)C(=O)N[C@H]1CCc2cccc3c2N(C1=O)[C@H](C(=O)N[C@@H]1CC(=O)O[C@H]1OC)C3. The number of aliphatic carboxylic acids is 3. The molecule has 0 bridgehead atoms. The fourth-order valence-electron chi connectivity index (χ4n) is 10.9. The van der Waals surface area contributed by atoms with E-state index in [-0.39, 0.29) is 83.1 Å². The number of nitrogens with one attached hydrogen (secondary N) is 6. The molecule has 0 aromatic heterocycles. The number of amides is 7. The molecule has 3 fully saturated rings. The Morgan fingerprint density at radius 1 is 0.688 bits per heavy atom. The van der Waals surface area contributed by atoms with Crippen molar-refractivity contribution in [2.75, 3.05) is 104 Å². The number of anilines is 1. The van der Waals surface area contributed by atoms with Gasteiger partial charge >= 0.3 is 23.9 Å². The van der Waals surface area contributed by atoms with Crippen molar-refractivity contribution in [2.45, 2.75) is 121 Å². The van der Waals surface area contributed by atoms with Gasteiger partial charge in [-0.3, -0.25) is 72.3 Å². The van der Waals surface area contributed by atoms with Crippen molar-refractivity contribution in [1.82, 2.24) is 51.5 Å². The van der Waals surface area contributed by atoms with Gasteiger partial charge in [-0.15, -0.1) is 0 Å². The zero-order valence-corrected chi connectivity index (χ0v) is 45.9. The molecule has 0 unspecified atom stereocenters. The highest BCUT2D eigenvalue weighted by Gasteiger charge is 2.46. The van der Waals surface area contributed by atoms with Crippen LogP contribution in [0.1, 0.15) is 82.8 Å². The van der Waals surface area contributed by atoms with Crippen molar-refractivity contribution in [2.24, 2.45) is 11.8 Å². The second-order valence-electron chi connectivity index (χ2n) is 21.4. The summed E-state index contributed by atoms with van der Waals surface area (Å²) in [5, 5.41) is 44.4. The van der Waals surface area contributed by atoms with Gasteiger partial charge in [0.05, 0.1) is 31.7 Å². The third-order valence-corrected chi connectivity index (χ3v) is 15.5. The smallest absolute Gasteiger partial charge is 0.317 e. The van der Waals surface area contributed by atoms with Gasteiger partial charge in [0.15, 0.2) is 0 Å². The standard InChI is InChI=1S/C53H79N11O16/c1-4-32(2)47(51(77)57-37-9-8-34-6-5-7-35-26-39(64(48(34)35)52(37)78)50(76)58-38-27-46(74)80-53(38)79-3)59-41(66)13-16-54-40(65)12-17-55-49(75)36(10-11-43(68)69)56-42(67)29-60-18-14-33(15-19-60)28-61-20-22-62(30-44(70)71)24-25-63(23-21-61)31-45(72)73/h5-7,32-33,36-39,47,53H,4,8-31H2,1-3H3,(H,54,65)(H,55,75)(H,56,67)(H,57,77)(H,58,76)(H,59,66)(H,68,69)(H,70,71)(H,72,73)/t32-,36+,37-,38+,39-,47-,53+/m0/s1. The Labute approximate surface area is 464 Å². The highest BCUT2D eigenvalue weighted by Crippen LogP contribution is 2.39. The Hall–Kier alpha value is -6.81. The zero-order chi connectivity index (χ0) is 58.0. The number of hydrogen-bond donors (Lipinski definition) is 9. The van der Waals surface area contributed by atoms with Crippen LogP contribution in [0, 0.1) is 11.8 Å². The minimum Gasteiger partial charge on any atom is -0.481 e. The summed E-state index contributed by atoms with van der Waals surface area (Å²) in [5.41, 5.74) is 2.23. The molecule has 6 rings (SSSR count). The fourth-order valence-corrected chi connectivity index (χ4v) is 10.9. The predicted molar refractivity (Wildman–Crippen MR) is 284 cm³/mol. The van der Waals surface area contributed by atoms with Gasteiger partial charge in [-0.1, -0.05) is 38.5 Å². The Morgan fingerprint density at radius 3 is 1.93 bits per heavy atom.